The van der Waals surface area contributed by atoms with Crippen LogP contribution in [-0.4, -0.2) is 39.3 Å². The van der Waals surface area contributed by atoms with Gasteiger partial charge in [-0.05, 0) is 31.5 Å². The zero-order valence-electron chi connectivity index (χ0n) is 12.3. The van der Waals surface area contributed by atoms with Crippen molar-refractivity contribution in [2.75, 3.05) is 13.1 Å². The van der Waals surface area contributed by atoms with Crippen molar-refractivity contribution in [2.24, 2.45) is 7.05 Å². The number of benzene rings is 1. The number of imidazole rings is 1. The molecule has 0 spiro atoms. The van der Waals surface area contributed by atoms with Crippen molar-refractivity contribution in [3.8, 4) is 0 Å². The zero-order chi connectivity index (χ0) is 15.9. The molecule has 22 heavy (non-hydrogen) atoms. The third-order valence-corrected chi connectivity index (χ3v) is 4.33. The van der Waals surface area contributed by atoms with Gasteiger partial charge in [0.25, 0.3) is 0 Å². The normalized spacial score (nSPS) is 20.1. The number of nitrogens with zero attached hydrogens (tertiary/aromatic N) is 3. The van der Waals surface area contributed by atoms with Crippen LogP contribution in [0.1, 0.15) is 12.8 Å². The van der Waals surface area contributed by atoms with Crippen LogP contribution in [0.25, 0.3) is 11.0 Å². The van der Waals surface area contributed by atoms with Gasteiger partial charge in [-0.2, -0.15) is 13.2 Å². The maximum absolute atomic E-state index is 12.6. The predicted octanol–water partition coefficient (Wildman–Crippen LogP) is 2.37. The Hall–Kier alpha value is -1.76. The largest absolute Gasteiger partial charge is 0.401 e. The van der Waals surface area contributed by atoms with E-state index in [1.165, 1.54) is 4.90 Å². The van der Waals surface area contributed by atoms with Gasteiger partial charge in [-0.1, -0.05) is 12.1 Å². The van der Waals surface area contributed by atoms with Crippen LogP contribution in [0.3, 0.4) is 0 Å². The molecule has 0 aliphatic carbocycles. The van der Waals surface area contributed by atoms with Gasteiger partial charge in [0.2, 0.25) is 0 Å². The third kappa shape index (κ3) is 2.77. The number of likely N-dealkylation sites (tertiary alicyclic amines) is 1. The summed E-state index contributed by atoms with van der Waals surface area (Å²) in [5, 5.41) is 0. The first-order chi connectivity index (χ1) is 10.4. The number of halogens is 3. The van der Waals surface area contributed by atoms with Crippen LogP contribution < -0.4 is 5.69 Å². The average molecular weight is 313 g/mol. The van der Waals surface area contributed by atoms with E-state index in [1.807, 2.05) is 24.3 Å². The van der Waals surface area contributed by atoms with Gasteiger partial charge in [-0.3, -0.25) is 14.0 Å². The molecule has 1 saturated heterocycles. The number of aryl methyl sites for hydroxylation is 1. The molecular formula is C15H18F3N3O. The summed E-state index contributed by atoms with van der Waals surface area (Å²) in [6.45, 7) is -0.170. The molecule has 3 rings (SSSR count). The highest BCUT2D eigenvalue weighted by Gasteiger charge is 2.36. The Kier molecular flexibility index (Phi) is 3.76. The van der Waals surface area contributed by atoms with Crippen LogP contribution in [0.4, 0.5) is 13.2 Å². The molecule has 1 aromatic heterocycles. The molecule has 0 radical (unpaired) electrons. The van der Waals surface area contributed by atoms with E-state index >= 15 is 0 Å². The zero-order valence-corrected chi connectivity index (χ0v) is 12.3. The van der Waals surface area contributed by atoms with Gasteiger partial charge in [0, 0.05) is 19.6 Å². The molecule has 1 unspecified atom stereocenters. The molecule has 0 saturated carbocycles. The van der Waals surface area contributed by atoms with Crippen molar-refractivity contribution in [1.29, 1.82) is 0 Å². The van der Waals surface area contributed by atoms with Gasteiger partial charge in [0.05, 0.1) is 17.6 Å². The molecule has 1 aliphatic heterocycles. The number of para-hydroxylation sites is 2. The van der Waals surface area contributed by atoms with Crippen LogP contribution in [0.5, 0.6) is 0 Å². The summed E-state index contributed by atoms with van der Waals surface area (Å²) in [6.07, 6.45) is -2.78. The number of rotatable bonds is 3. The Bertz CT molecular complexity index is 732. The molecule has 1 aliphatic rings. The number of alkyl halides is 3. The summed E-state index contributed by atoms with van der Waals surface area (Å²) in [7, 11) is 1.68. The summed E-state index contributed by atoms with van der Waals surface area (Å²) < 4.78 is 41.1. The van der Waals surface area contributed by atoms with E-state index in [0.29, 0.717) is 19.5 Å². The van der Waals surface area contributed by atoms with Gasteiger partial charge < -0.3 is 0 Å². The van der Waals surface area contributed by atoms with E-state index in [9.17, 15) is 18.0 Å². The topological polar surface area (TPSA) is 30.2 Å². The van der Waals surface area contributed by atoms with Crippen molar-refractivity contribution in [2.45, 2.75) is 31.6 Å². The first-order valence-electron chi connectivity index (χ1n) is 7.32. The van der Waals surface area contributed by atoms with Crippen molar-refractivity contribution < 1.29 is 13.2 Å². The van der Waals surface area contributed by atoms with E-state index in [1.54, 1.807) is 16.2 Å². The highest BCUT2D eigenvalue weighted by atomic mass is 19.4. The Morgan fingerprint density at radius 1 is 1.23 bits per heavy atom. The number of aromatic nitrogens is 2. The second-order valence-corrected chi connectivity index (χ2v) is 5.82. The molecule has 4 nitrogen and oxygen atoms in total. The molecule has 0 N–H and O–H groups in total. The summed E-state index contributed by atoms with van der Waals surface area (Å²) in [5.74, 6) is 0. The van der Waals surface area contributed by atoms with E-state index in [2.05, 4.69) is 0 Å². The highest BCUT2D eigenvalue weighted by molar-refractivity contribution is 5.75. The second-order valence-electron chi connectivity index (χ2n) is 5.82. The molecule has 120 valence electrons. The standard InChI is InChI=1S/C15H18F3N3O/c1-19-12-6-2-3-7-13(12)21(14(19)22)9-11-5-4-8-20(11)10-15(16,17)18/h2-3,6-7,11H,4-5,8-10H2,1H3. The van der Waals surface area contributed by atoms with Crippen molar-refractivity contribution >= 4 is 11.0 Å². The number of hydrogen-bond donors (Lipinski definition) is 0. The maximum atomic E-state index is 12.6. The summed E-state index contributed by atoms with van der Waals surface area (Å²) in [6, 6.07) is 7.11. The molecule has 1 atom stereocenters. The van der Waals surface area contributed by atoms with Crippen molar-refractivity contribution in [1.82, 2.24) is 14.0 Å². The van der Waals surface area contributed by atoms with Crippen LogP contribution in [0.15, 0.2) is 29.1 Å². The maximum Gasteiger partial charge on any atom is 0.401 e. The lowest BCUT2D eigenvalue weighted by Crippen LogP contribution is -2.41. The lowest BCUT2D eigenvalue weighted by atomic mass is 10.2. The highest BCUT2D eigenvalue weighted by Crippen LogP contribution is 2.25. The van der Waals surface area contributed by atoms with E-state index in [-0.39, 0.29) is 11.7 Å². The molecule has 7 heteroatoms. The molecular weight excluding hydrogens is 295 g/mol. The molecule has 0 bridgehead atoms. The average Bonchev–Trinajstić information content (AvgIpc) is 2.97. The van der Waals surface area contributed by atoms with Gasteiger partial charge in [0.1, 0.15) is 0 Å². The van der Waals surface area contributed by atoms with Crippen molar-refractivity contribution in [3.63, 3.8) is 0 Å². The van der Waals surface area contributed by atoms with Crippen LogP contribution >= 0.6 is 0 Å². The minimum Gasteiger partial charge on any atom is -0.295 e. The SMILES string of the molecule is Cn1c(=O)n(CC2CCCN2CC(F)(F)F)c2ccccc21. The lowest BCUT2D eigenvalue weighted by Gasteiger charge is -2.25. The molecule has 2 heterocycles. The van der Waals surface area contributed by atoms with Gasteiger partial charge in [-0.25, -0.2) is 4.79 Å². The minimum absolute atomic E-state index is 0.181. The first kappa shape index (κ1) is 15.1. The van der Waals surface area contributed by atoms with Gasteiger partial charge >= 0.3 is 11.9 Å². The molecule has 2 aromatic rings. The van der Waals surface area contributed by atoms with E-state index < -0.39 is 12.7 Å². The number of hydrogen-bond acceptors (Lipinski definition) is 2. The second kappa shape index (κ2) is 5.46. The molecule has 0 amide bonds. The van der Waals surface area contributed by atoms with Gasteiger partial charge in [-0.15, -0.1) is 0 Å². The van der Waals surface area contributed by atoms with Crippen LogP contribution in [0.2, 0.25) is 0 Å². The van der Waals surface area contributed by atoms with Crippen molar-refractivity contribution in [3.05, 3.63) is 34.7 Å². The summed E-state index contributed by atoms with van der Waals surface area (Å²) >= 11 is 0. The summed E-state index contributed by atoms with van der Waals surface area (Å²) in [5.41, 5.74) is 1.39. The lowest BCUT2D eigenvalue weighted by molar-refractivity contribution is -0.148. The van der Waals surface area contributed by atoms with E-state index in [0.717, 1.165) is 17.5 Å². The monoisotopic (exact) mass is 313 g/mol. The first-order valence-corrected chi connectivity index (χ1v) is 7.32. The minimum atomic E-state index is -4.20. The smallest absolute Gasteiger partial charge is 0.295 e. The fourth-order valence-electron chi connectivity index (χ4n) is 3.29. The van der Waals surface area contributed by atoms with E-state index in [4.69, 9.17) is 0 Å². The fourth-order valence-corrected chi connectivity index (χ4v) is 3.29. The van der Waals surface area contributed by atoms with Crippen LogP contribution in [0, 0.1) is 0 Å². The predicted molar refractivity (Wildman–Crippen MR) is 77.8 cm³/mol. The summed E-state index contributed by atoms with van der Waals surface area (Å²) in [4.78, 5) is 13.8. The molecule has 1 fully saturated rings. The Morgan fingerprint density at radius 3 is 2.59 bits per heavy atom. The molecule has 1 aromatic carbocycles. The van der Waals surface area contributed by atoms with Gasteiger partial charge in [0.15, 0.2) is 0 Å². The van der Waals surface area contributed by atoms with Crippen LogP contribution in [-0.2, 0) is 13.6 Å². The Morgan fingerprint density at radius 2 is 1.91 bits per heavy atom. The Balaban J connectivity index is 1.90. The number of fused-ring (bicyclic) bond motifs is 1. The quantitative estimate of drug-likeness (QED) is 0.871. The Labute approximate surface area is 125 Å². The third-order valence-electron chi connectivity index (χ3n) is 4.33. The fraction of sp³-hybridized carbons (Fsp3) is 0.533.